The van der Waals surface area contributed by atoms with Crippen molar-refractivity contribution < 1.29 is 9.15 Å². The molecule has 7 heteroatoms. The van der Waals surface area contributed by atoms with Crippen molar-refractivity contribution in [3.05, 3.63) is 222 Å². The van der Waals surface area contributed by atoms with Crippen LogP contribution in [0.3, 0.4) is 0 Å². The first-order valence-corrected chi connectivity index (χ1v) is 21.0. The van der Waals surface area contributed by atoms with Gasteiger partial charge in [0.15, 0.2) is 23.3 Å². The first-order valence-electron chi connectivity index (χ1n) is 21.0. The Balaban J connectivity index is 1.13. The molecule has 8 aromatic carbocycles. The lowest BCUT2D eigenvalue weighted by Crippen LogP contribution is -2.32. The van der Waals surface area contributed by atoms with Crippen LogP contribution in [0, 0.1) is 0 Å². The fraction of sp³-hybridized carbons (Fsp3) is 0.0179. The quantitative estimate of drug-likeness (QED) is 0.171. The summed E-state index contributed by atoms with van der Waals surface area (Å²) in [7, 11) is 0. The van der Waals surface area contributed by atoms with E-state index >= 15 is 0 Å². The van der Waals surface area contributed by atoms with Crippen LogP contribution >= 0.6 is 0 Å². The molecule has 0 saturated heterocycles. The van der Waals surface area contributed by atoms with Crippen molar-refractivity contribution in [2.45, 2.75) is 5.41 Å². The summed E-state index contributed by atoms with van der Waals surface area (Å²) in [4.78, 5) is 26.1. The number of aromatic nitrogens is 5. The van der Waals surface area contributed by atoms with Gasteiger partial charge in [0.2, 0.25) is 5.71 Å². The van der Waals surface area contributed by atoms with Gasteiger partial charge in [0.05, 0.1) is 16.5 Å². The first-order chi connectivity index (χ1) is 31.2. The van der Waals surface area contributed by atoms with Crippen molar-refractivity contribution in [2.24, 2.45) is 0 Å². The molecule has 0 amide bonds. The average Bonchev–Trinajstić information content (AvgIpc) is 3.88. The van der Waals surface area contributed by atoms with E-state index < -0.39 is 5.41 Å². The standard InChI is InChI=1S/C56H33N5O2/c1-4-17-34(18-5-1)51-57-50(48-40-23-10-13-28-45(40)63-55(48)61-51)37-31-32-38-39-24-16-25-41(54-59-52(35-19-6-2-7-20-35)58-53(60-54)36-21-8-3-9-22-36)49(39)56(44(38)33-37)42-26-11-14-29-46(42)62-47-30-15-12-27-43(47)56/h1-33H. The molecule has 1 aliphatic carbocycles. The summed E-state index contributed by atoms with van der Waals surface area (Å²) >= 11 is 0. The Kier molecular flexibility index (Phi) is 7.68. The van der Waals surface area contributed by atoms with Gasteiger partial charge < -0.3 is 9.15 Å². The second kappa shape index (κ2) is 13.7. The van der Waals surface area contributed by atoms with Crippen molar-refractivity contribution in [1.82, 2.24) is 24.9 Å². The van der Waals surface area contributed by atoms with Crippen molar-refractivity contribution in [1.29, 1.82) is 0 Å². The summed E-state index contributed by atoms with van der Waals surface area (Å²) < 4.78 is 13.3. The van der Waals surface area contributed by atoms with Crippen LogP contribution in [0.5, 0.6) is 11.5 Å². The van der Waals surface area contributed by atoms with Crippen LogP contribution in [0.15, 0.2) is 205 Å². The van der Waals surface area contributed by atoms with Crippen LogP contribution in [0.25, 0.3) is 90.0 Å². The summed E-state index contributed by atoms with van der Waals surface area (Å²) in [6, 6.07) is 68.5. The van der Waals surface area contributed by atoms with Crippen LogP contribution in [-0.2, 0) is 5.41 Å². The predicted molar refractivity (Wildman–Crippen MR) is 247 cm³/mol. The molecule has 4 heterocycles. The van der Waals surface area contributed by atoms with Gasteiger partial charge in [-0.25, -0.2) is 19.9 Å². The second-order valence-corrected chi connectivity index (χ2v) is 15.9. The monoisotopic (exact) mass is 807 g/mol. The summed E-state index contributed by atoms with van der Waals surface area (Å²) in [5.41, 5.74) is 12.3. The molecular formula is C56H33N5O2. The molecule has 0 saturated carbocycles. The van der Waals surface area contributed by atoms with E-state index in [0.29, 0.717) is 29.0 Å². The Morgan fingerprint density at radius 3 is 1.56 bits per heavy atom. The number of benzene rings is 8. The van der Waals surface area contributed by atoms with Crippen LogP contribution in [-0.4, -0.2) is 24.9 Å². The highest BCUT2D eigenvalue weighted by molar-refractivity contribution is 6.11. The molecule has 63 heavy (non-hydrogen) atoms. The average molecular weight is 808 g/mol. The zero-order valence-electron chi connectivity index (χ0n) is 33.6. The highest BCUT2D eigenvalue weighted by Gasteiger charge is 2.52. The van der Waals surface area contributed by atoms with Crippen LogP contribution < -0.4 is 4.74 Å². The van der Waals surface area contributed by atoms with E-state index in [2.05, 4.69) is 78.9 Å². The summed E-state index contributed by atoms with van der Waals surface area (Å²) in [5, 5.41) is 1.83. The van der Waals surface area contributed by atoms with E-state index in [4.69, 9.17) is 34.1 Å². The minimum absolute atomic E-state index is 0.542. The van der Waals surface area contributed by atoms with Crippen LogP contribution in [0.4, 0.5) is 0 Å². The largest absolute Gasteiger partial charge is 0.457 e. The molecule has 1 spiro atoms. The number of nitrogens with zero attached hydrogens (tertiary/aromatic N) is 5. The fourth-order valence-electron chi connectivity index (χ4n) is 9.77. The van der Waals surface area contributed by atoms with Gasteiger partial charge in [-0.2, -0.15) is 4.98 Å². The minimum atomic E-state index is -0.859. The Bertz CT molecular complexity index is 3500. The molecule has 13 rings (SSSR count). The summed E-state index contributed by atoms with van der Waals surface area (Å²) in [6.45, 7) is 0. The van der Waals surface area contributed by atoms with E-state index in [1.54, 1.807) is 0 Å². The smallest absolute Gasteiger partial charge is 0.231 e. The van der Waals surface area contributed by atoms with Crippen molar-refractivity contribution in [3.8, 4) is 79.4 Å². The zero-order valence-corrected chi connectivity index (χ0v) is 33.6. The maximum atomic E-state index is 6.79. The van der Waals surface area contributed by atoms with Crippen molar-refractivity contribution >= 4 is 22.1 Å². The van der Waals surface area contributed by atoms with Gasteiger partial charge in [0.1, 0.15) is 17.1 Å². The van der Waals surface area contributed by atoms with Gasteiger partial charge in [-0.3, -0.25) is 0 Å². The van der Waals surface area contributed by atoms with Crippen LogP contribution in [0.2, 0.25) is 0 Å². The number of fused-ring (bicyclic) bond motifs is 12. The topological polar surface area (TPSA) is 86.8 Å². The third-order valence-electron chi connectivity index (χ3n) is 12.4. The molecule has 0 atom stereocenters. The molecule has 294 valence electrons. The van der Waals surface area contributed by atoms with E-state index in [1.165, 1.54) is 0 Å². The molecule has 7 nitrogen and oxygen atoms in total. The number of furan rings is 1. The number of para-hydroxylation sites is 3. The Hall–Kier alpha value is -8.55. The zero-order chi connectivity index (χ0) is 41.5. The van der Waals surface area contributed by atoms with Gasteiger partial charge in [0, 0.05) is 44.3 Å². The number of rotatable bonds is 5. The molecule has 0 unspecified atom stereocenters. The maximum Gasteiger partial charge on any atom is 0.231 e. The van der Waals surface area contributed by atoms with E-state index in [9.17, 15) is 0 Å². The molecule has 11 aromatic rings. The normalized spacial score (nSPS) is 13.0. The minimum Gasteiger partial charge on any atom is -0.457 e. The molecule has 0 fully saturated rings. The molecule has 0 N–H and O–H groups in total. The van der Waals surface area contributed by atoms with Gasteiger partial charge in [-0.15, -0.1) is 0 Å². The second-order valence-electron chi connectivity index (χ2n) is 15.9. The molecule has 3 aromatic heterocycles. The highest BCUT2D eigenvalue weighted by atomic mass is 16.5. The molecule has 1 aliphatic heterocycles. The van der Waals surface area contributed by atoms with Crippen molar-refractivity contribution in [3.63, 3.8) is 0 Å². The van der Waals surface area contributed by atoms with E-state index in [0.717, 1.165) is 94.7 Å². The van der Waals surface area contributed by atoms with Gasteiger partial charge in [0.25, 0.3) is 0 Å². The van der Waals surface area contributed by atoms with Gasteiger partial charge in [-0.05, 0) is 46.5 Å². The third kappa shape index (κ3) is 5.30. The third-order valence-corrected chi connectivity index (χ3v) is 12.4. The highest BCUT2D eigenvalue weighted by Crippen LogP contribution is 2.64. The summed E-state index contributed by atoms with van der Waals surface area (Å²) in [5.74, 6) is 3.97. The maximum absolute atomic E-state index is 6.79. The lowest BCUT2D eigenvalue weighted by molar-refractivity contribution is 0.436. The first kappa shape index (κ1) is 35.2. The van der Waals surface area contributed by atoms with E-state index in [1.807, 2.05) is 121 Å². The van der Waals surface area contributed by atoms with Crippen LogP contribution in [0.1, 0.15) is 22.3 Å². The van der Waals surface area contributed by atoms with Crippen molar-refractivity contribution in [2.75, 3.05) is 0 Å². The number of hydrogen-bond donors (Lipinski definition) is 0. The molecular weight excluding hydrogens is 775 g/mol. The van der Waals surface area contributed by atoms with Gasteiger partial charge >= 0.3 is 0 Å². The molecule has 2 aliphatic rings. The Labute approximate surface area is 362 Å². The SMILES string of the molecule is c1ccc(-c2nc(-c3ccccc3)nc(-c3cccc4c3C3(c5ccccc5Oc5ccccc53)c3cc(-c5nc(-c6ccccc6)nc6oc7ccccc7c56)ccc3-4)n2)cc1. The molecule has 0 bridgehead atoms. The Morgan fingerprint density at radius 2 is 0.905 bits per heavy atom. The van der Waals surface area contributed by atoms with Gasteiger partial charge in [-0.1, -0.05) is 176 Å². The Morgan fingerprint density at radius 1 is 0.365 bits per heavy atom. The number of ether oxygens (including phenoxy) is 1. The number of hydrogen-bond acceptors (Lipinski definition) is 7. The lowest BCUT2D eigenvalue weighted by Gasteiger charge is -2.40. The molecule has 0 radical (unpaired) electrons. The summed E-state index contributed by atoms with van der Waals surface area (Å²) in [6.07, 6.45) is 0. The lowest BCUT2D eigenvalue weighted by atomic mass is 9.65. The predicted octanol–water partition coefficient (Wildman–Crippen LogP) is 13.4. The van der Waals surface area contributed by atoms with E-state index in [-0.39, 0.29) is 0 Å². The fourth-order valence-corrected chi connectivity index (χ4v) is 9.77.